The molecule has 16 heavy (non-hydrogen) atoms. The molecule has 0 unspecified atom stereocenters. The Morgan fingerprint density at radius 1 is 1.44 bits per heavy atom. The van der Waals surface area contributed by atoms with Crippen molar-refractivity contribution in [3.63, 3.8) is 0 Å². The highest BCUT2D eigenvalue weighted by atomic mass is 19.1. The van der Waals surface area contributed by atoms with Crippen molar-refractivity contribution >= 4 is 5.69 Å². The van der Waals surface area contributed by atoms with Crippen LogP contribution in [-0.2, 0) is 0 Å². The Labute approximate surface area is 90.2 Å². The first-order chi connectivity index (χ1) is 7.56. The summed E-state index contributed by atoms with van der Waals surface area (Å²) in [5.41, 5.74) is -0.904. The van der Waals surface area contributed by atoms with Crippen molar-refractivity contribution in [1.82, 2.24) is 5.32 Å². The molecule has 0 amide bonds. The molecule has 0 aliphatic rings. The highest BCUT2D eigenvalue weighted by Gasteiger charge is 2.19. The van der Waals surface area contributed by atoms with Gasteiger partial charge in [-0.15, -0.1) is 0 Å². The summed E-state index contributed by atoms with van der Waals surface area (Å²) in [7, 11) is 1.68. The van der Waals surface area contributed by atoms with Gasteiger partial charge < -0.3 is 10.1 Å². The lowest BCUT2D eigenvalue weighted by Crippen LogP contribution is -2.16. The van der Waals surface area contributed by atoms with Gasteiger partial charge in [-0.1, -0.05) is 0 Å². The molecule has 0 fully saturated rings. The van der Waals surface area contributed by atoms with E-state index in [1.807, 2.05) is 0 Å². The highest BCUT2D eigenvalue weighted by molar-refractivity contribution is 5.39. The predicted octanol–water partition coefficient (Wildman–Crippen LogP) is 1.47. The fourth-order valence-corrected chi connectivity index (χ4v) is 1.03. The zero-order valence-corrected chi connectivity index (χ0v) is 8.50. The molecule has 0 spiro atoms. The van der Waals surface area contributed by atoms with Crippen molar-refractivity contribution in [2.45, 2.75) is 0 Å². The maximum absolute atomic E-state index is 13.2. The van der Waals surface area contributed by atoms with Gasteiger partial charge in [-0.3, -0.25) is 10.1 Å². The van der Waals surface area contributed by atoms with Crippen LogP contribution in [0.5, 0.6) is 5.75 Å². The lowest BCUT2D eigenvalue weighted by molar-refractivity contribution is -0.387. The van der Waals surface area contributed by atoms with E-state index in [1.54, 1.807) is 7.05 Å². The van der Waals surface area contributed by atoms with Gasteiger partial charge in [0.2, 0.25) is 5.82 Å². The van der Waals surface area contributed by atoms with Crippen molar-refractivity contribution in [2.24, 2.45) is 0 Å². The molecule has 1 aromatic carbocycles. The molecular weight excluding hydrogens is 222 g/mol. The number of hydrogen-bond acceptors (Lipinski definition) is 4. The number of nitrogens with zero attached hydrogens (tertiary/aromatic N) is 1. The standard InChI is InChI=1S/C9H10F2N2O3/c1-12-2-3-16-9-5-6(10)8(13(14)15)4-7(9)11/h4-5,12H,2-3H2,1H3. The van der Waals surface area contributed by atoms with Crippen molar-refractivity contribution in [1.29, 1.82) is 0 Å². The first-order valence-corrected chi connectivity index (χ1v) is 4.47. The summed E-state index contributed by atoms with van der Waals surface area (Å²) < 4.78 is 31.2. The van der Waals surface area contributed by atoms with Gasteiger partial charge >= 0.3 is 5.69 Å². The van der Waals surface area contributed by atoms with E-state index in [0.717, 1.165) is 0 Å². The number of likely N-dealkylation sites (N-methyl/N-ethyl adjacent to an activating group) is 1. The van der Waals surface area contributed by atoms with Crippen LogP contribution < -0.4 is 10.1 Å². The molecular formula is C9H10F2N2O3. The van der Waals surface area contributed by atoms with Gasteiger partial charge in [-0.05, 0) is 7.05 Å². The molecule has 1 aromatic rings. The molecule has 0 aliphatic carbocycles. The topological polar surface area (TPSA) is 64.4 Å². The summed E-state index contributed by atoms with van der Waals surface area (Å²) in [6.07, 6.45) is 0. The van der Waals surface area contributed by atoms with E-state index in [-0.39, 0.29) is 12.4 Å². The minimum atomic E-state index is -1.12. The number of rotatable bonds is 5. The van der Waals surface area contributed by atoms with E-state index >= 15 is 0 Å². The van der Waals surface area contributed by atoms with Crippen molar-refractivity contribution in [3.05, 3.63) is 33.9 Å². The molecule has 7 heteroatoms. The largest absolute Gasteiger partial charge is 0.489 e. The molecule has 88 valence electrons. The van der Waals surface area contributed by atoms with Crippen LogP contribution in [0.2, 0.25) is 0 Å². The Kier molecular flexibility index (Phi) is 4.12. The average Bonchev–Trinajstić information content (AvgIpc) is 2.22. The zero-order valence-electron chi connectivity index (χ0n) is 8.50. The zero-order chi connectivity index (χ0) is 12.1. The van der Waals surface area contributed by atoms with Gasteiger partial charge in [-0.2, -0.15) is 4.39 Å². The molecule has 0 heterocycles. The normalized spacial score (nSPS) is 10.2. The smallest absolute Gasteiger partial charge is 0.307 e. The average molecular weight is 232 g/mol. The fourth-order valence-electron chi connectivity index (χ4n) is 1.03. The van der Waals surface area contributed by atoms with Gasteiger partial charge in [0.25, 0.3) is 0 Å². The van der Waals surface area contributed by atoms with E-state index in [1.165, 1.54) is 0 Å². The molecule has 0 saturated heterocycles. The summed E-state index contributed by atoms with van der Waals surface area (Å²) in [4.78, 5) is 9.30. The summed E-state index contributed by atoms with van der Waals surface area (Å²) in [5, 5.41) is 13.0. The van der Waals surface area contributed by atoms with Crippen LogP contribution >= 0.6 is 0 Å². The fraction of sp³-hybridized carbons (Fsp3) is 0.333. The molecule has 0 radical (unpaired) electrons. The van der Waals surface area contributed by atoms with E-state index in [2.05, 4.69) is 5.32 Å². The van der Waals surface area contributed by atoms with Crippen molar-refractivity contribution in [3.8, 4) is 5.75 Å². The SMILES string of the molecule is CNCCOc1cc(F)c([N+](=O)[O-])cc1F. The number of nitrogens with one attached hydrogen (secondary N) is 1. The first kappa shape index (κ1) is 12.3. The second kappa shape index (κ2) is 5.36. The van der Waals surface area contributed by atoms with Crippen LogP contribution in [0.25, 0.3) is 0 Å². The first-order valence-electron chi connectivity index (χ1n) is 4.47. The molecule has 0 atom stereocenters. The number of nitro benzene ring substituents is 1. The number of benzene rings is 1. The Morgan fingerprint density at radius 3 is 2.69 bits per heavy atom. The molecule has 0 saturated carbocycles. The molecule has 1 rings (SSSR count). The second-order valence-electron chi connectivity index (χ2n) is 2.94. The quantitative estimate of drug-likeness (QED) is 0.474. The third-order valence-corrected chi connectivity index (χ3v) is 1.81. The minimum absolute atomic E-state index is 0.144. The number of nitro groups is 1. The predicted molar refractivity (Wildman–Crippen MR) is 52.4 cm³/mol. The van der Waals surface area contributed by atoms with Gasteiger partial charge in [-0.25, -0.2) is 4.39 Å². The van der Waals surface area contributed by atoms with Crippen LogP contribution in [0.4, 0.5) is 14.5 Å². The molecule has 0 aromatic heterocycles. The van der Waals surface area contributed by atoms with Gasteiger partial charge in [0, 0.05) is 12.6 Å². The summed E-state index contributed by atoms with van der Waals surface area (Å²) in [6.45, 7) is 0.600. The Bertz CT molecular complexity index is 399. The third kappa shape index (κ3) is 2.86. The van der Waals surface area contributed by atoms with Gasteiger partial charge in [0.05, 0.1) is 11.0 Å². The molecule has 0 bridgehead atoms. The van der Waals surface area contributed by atoms with Gasteiger partial charge in [0.15, 0.2) is 11.6 Å². The van der Waals surface area contributed by atoms with Crippen LogP contribution in [0.15, 0.2) is 12.1 Å². The van der Waals surface area contributed by atoms with Crippen LogP contribution in [0.1, 0.15) is 0 Å². The number of hydrogen-bond donors (Lipinski definition) is 1. The maximum atomic E-state index is 13.2. The van der Waals surface area contributed by atoms with E-state index in [4.69, 9.17) is 4.74 Å². The maximum Gasteiger partial charge on any atom is 0.307 e. The second-order valence-corrected chi connectivity index (χ2v) is 2.94. The molecule has 5 nitrogen and oxygen atoms in total. The van der Waals surface area contributed by atoms with E-state index < -0.39 is 22.2 Å². The Morgan fingerprint density at radius 2 is 2.12 bits per heavy atom. The Hall–Kier alpha value is -1.76. The van der Waals surface area contributed by atoms with Crippen molar-refractivity contribution in [2.75, 3.05) is 20.2 Å². The number of halogens is 2. The summed E-state index contributed by atoms with van der Waals surface area (Å²) >= 11 is 0. The molecule has 1 N–H and O–H groups in total. The van der Waals surface area contributed by atoms with Crippen LogP contribution in [0, 0.1) is 21.7 Å². The minimum Gasteiger partial charge on any atom is -0.489 e. The lowest BCUT2D eigenvalue weighted by atomic mass is 10.3. The van der Waals surface area contributed by atoms with Crippen LogP contribution in [-0.4, -0.2) is 25.1 Å². The Balaban J connectivity index is 2.88. The highest BCUT2D eigenvalue weighted by Crippen LogP contribution is 2.26. The van der Waals surface area contributed by atoms with Gasteiger partial charge in [0.1, 0.15) is 6.61 Å². The van der Waals surface area contributed by atoms with E-state index in [9.17, 15) is 18.9 Å². The summed E-state index contributed by atoms with van der Waals surface area (Å²) in [6, 6.07) is 1.17. The van der Waals surface area contributed by atoms with Crippen LogP contribution in [0.3, 0.4) is 0 Å². The molecule has 0 aliphatic heterocycles. The third-order valence-electron chi connectivity index (χ3n) is 1.81. The van der Waals surface area contributed by atoms with Crippen molar-refractivity contribution < 1.29 is 18.4 Å². The van der Waals surface area contributed by atoms with E-state index in [0.29, 0.717) is 18.7 Å². The number of ether oxygens (including phenoxy) is 1. The monoisotopic (exact) mass is 232 g/mol. The summed E-state index contributed by atoms with van der Waals surface area (Å²) in [5.74, 6) is -2.41. The lowest BCUT2D eigenvalue weighted by Gasteiger charge is -2.06.